The van der Waals surface area contributed by atoms with Gasteiger partial charge in [0.2, 0.25) is 0 Å². The Balaban J connectivity index is 1.63. The smallest absolute Gasteiger partial charge is 0.274 e. The summed E-state index contributed by atoms with van der Waals surface area (Å²) >= 11 is 0. The van der Waals surface area contributed by atoms with Crippen LogP contribution in [0.15, 0.2) is 65.5 Å². The summed E-state index contributed by atoms with van der Waals surface area (Å²) in [5.41, 5.74) is 3.11. The van der Waals surface area contributed by atoms with Crippen LogP contribution in [0.1, 0.15) is 31.5 Å². The van der Waals surface area contributed by atoms with E-state index in [1.54, 1.807) is 0 Å². The van der Waals surface area contributed by atoms with E-state index in [1.807, 2.05) is 65.3 Å². The molecule has 1 aromatic heterocycles. The molecule has 30 heavy (non-hydrogen) atoms. The second kappa shape index (κ2) is 9.35. The number of fused-ring (bicyclic) bond motifs is 1. The van der Waals surface area contributed by atoms with Gasteiger partial charge >= 0.3 is 0 Å². The van der Waals surface area contributed by atoms with Gasteiger partial charge in [0.1, 0.15) is 12.4 Å². The van der Waals surface area contributed by atoms with Crippen molar-refractivity contribution >= 4 is 0 Å². The fourth-order valence-corrected chi connectivity index (χ4v) is 4.09. The predicted octanol–water partition coefficient (Wildman–Crippen LogP) is 4.12. The lowest BCUT2D eigenvalue weighted by Gasteiger charge is -2.28. The number of hydrogen-bond donors (Lipinski definition) is 0. The first kappa shape index (κ1) is 20.5. The number of nitrogens with zero attached hydrogens (tertiary/aromatic N) is 3. The van der Waals surface area contributed by atoms with E-state index in [-0.39, 0.29) is 5.56 Å². The quantitative estimate of drug-likeness (QED) is 0.566. The van der Waals surface area contributed by atoms with Crippen molar-refractivity contribution in [2.45, 2.75) is 39.8 Å². The van der Waals surface area contributed by atoms with E-state index >= 15 is 0 Å². The molecule has 0 N–H and O–H groups in total. The Morgan fingerprint density at radius 3 is 2.37 bits per heavy atom. The van der Waals surface area contributed by atoms with Crippen LogP contribution in [-0.2, 0) is 19.5 Å². The molecule has 3 aromatic rings. The van der Waals surface area contributed by atoms with Crippen LogP contribution in [0, 0.1) is 5.92 Å². The largest absolute Gasteiger partial charge is 0.492 e. The molecule has 4 rings (SSSR count). The Labute approximate surface area is 178 Å². The van der Waals surface area contributed by atoms with Gasteiger partial charge in [0.25, 0.3) is 5.56 Å². The Bertz CT molecular complexity index is 1010. The van der Waals surface area contributed by atoms with Gasteiger partial charge in [-0.15, -0.1) is 0 Å². The Morgan fingerprint density at radius 1 is 0.967 bits per heavy atom. The summed E-state index contributed by atoms with van der Waals surface area (Å²) in [5.74, 6) is 1.53. The molecule has 0 unspecified atom stereocenters. The Kier molecular flexibility index (Phi) is 6.38. The molecule has 158 valence electrons. The van der Waals surface area contributed by atoms with Gasteiger partial charge in [0.15, 0.2) is 0 Å². The van der Waals surface area contributed by atoms with Crippen molar-refractivity contribution in [3.8, 4) is 11.4 Å². The number of benzene rings is 2. The van der Waals surface area contributed by atoms with Crippen molar-refractivity contribution < 1.29 is 4.74 Å². The van der Waals surface area contributed by atoms with Crippen molar-refractivity contribution in [3.63, 3.8) is 0 Å². The summed E-state index contributed by atoms with van der Waals surface area (Å²) in [4.78, 5) is 15.8. The predicted molar refractivity (Wildman–Crippen MR) is 120 cm³/mol. The van der Waals surface area contributed by atoms with Crippen LogP contribution in [0.25, 0.3) is 5.69 Å². The molecule has 5 heteroatoms. The van der Waals surface area contributed by atoms with E-state index < -0.39 is 0 Å². The second-order valence-corrected chi connectivity index (χ2v) is 8.37. The maximum atomic E-state index is 13.3. The lowest BCUT2D eigenvalue weighted by Crippen LogP contribution is -2.34. The molecule has 0 spiro atoms. The van der Waals surface area contributed by atoms with Crippen LogP contribution in [0.4, 0.5) is 0 Å². The average Bonchev–Trinajstić information content (AvgIpc) is 3.05. The van der Waals surface area contributed by atoms with Gasteiger partial charge in [-0.25, -0.2) is 4.68 Å². The normalized spacial score (nSPS) is 14.1. The van der Waals surface area contributed by atoms with Crippen LogP contribution >= 0.6 is 0 Å². The van der Waals surface area contributed by atoms with Crippen molar-refractivity contribution in [2.75, 3.05) is 19.7 Å². The van der Waals surface area contributed by atoms with Gasteiger partial charge in [0, 0.05) is 18.7 Å². The molecule has 5 nitrogen and oxygen atoms in total. The summed E-state index contributed by atoms with van der Waals surface area (Å²) < 4.78 is 9.93. The van der Waals surface area contributed by atoms with Gasteiger partial charge in [-0.05, 0) is 49.6 Å². The minimum absolute atomic E-state index is 0.111. The van der Waals surface area contributed by atoms with Gasteiger partial charge in [-0.3, -0.25) is 14.4 Å². The van der Waals surface area contributed by atoms with E-state index in [9.17, 15) is 4.79 Å². The lowest BCUT2D eigenvalue weighted by atomic mass is 10.1. The molecule has 2 aromatic carbocycles. The molecule has 0 atom stereocenters. The van der Waals surface area contributed by atoms with E-state index in [1.165, 1.54) is 6.42 Å². The lowest BCUT2D eigenvalue weighted by molar-refractivity contribution is 0.224. The molecule has 1 aliphatic rings. The van der Waals surface area contributed by atoms with Gasteiger partial charge < -0.3 is 4.74 Å². The highest BCUT2D eigenvalue weighted by molar-refractivity contribution is 5.34. The highest BCUT2D eigenvalue weighted by Crippen LogP contribution is 2.21. The number of para-hydroxylation sites is 2. The maximum absolute atomic E-state index is 13.3. The minimum atomic E-state index is 0.111. The third-order valence-corrected chi connectivity index (χ3v) is 5.74. The molecule has 0 saturated carbocycles. The van der Waals surface area contributed by atoms with Gasteiger partial charge in [-0.1, -0.05) is 50.2 Å². The summed E-state index contributed by atoms with van der Waals surface area (Å²) in [6.07, 6.45) is 1.99. The molecular weight excluding hydrogens is 374 g/mol. The Hall–Kier alpha value is -2.79. The summed E-state index contributed by atoms with van der Waals surface area (Å²) in [5, 5.41) is 0. The van der Waals surface area contributed by atoms with E-state index in [2.05, 4.69) is 23.4 Å². The summed E-state index contributed by atoms with van der Waals surface area (Å²) in [6, 6.07) is 19.8. The summed E-state index contributed by atoms with van der Waals surface area (Å²) in [7, 11) is 0. The molecule has 0 saturated heterocycles. The third-order valence-electron chi connectivity index (χ3n) is 5.74. The zero-order chi connectivity index (χ0) is 20.9. The number of ether oxygens (including phenoxy) is 1. The van der Waals surface area contributed by atoms with E-state index in [0.29, 0.717) is 19.1 Å². The zero-order valence-corrected chi connectivity index (χ0v) is 18.0. The molecule has 1 aliphatic heterocycles. The highest BCUT2D eigenvalue weighted by Gasteiger charge is 2.26. The first-order valence-electron chi connectivity index (χ1n) is 10.9. The minimum Gasteiger partial charge on any atom is -0.492 e. The van der Waals surface area contributed by atoms with Crippen LogP contribution < -0.4 is 10.3 Å². The van der Waals surface area contributed by atoms with Crippen molar-refractivity contribution in [1.29, 1.82) is 0 Å². The first-order valence-corrected chi connectivity index (χ1v) is 10.9. The maximum Gasteiger partial charge on any atom is 0.274 e. The zero-order valence-electron chi connectivity index (χ0n) is 18.0. The van der Waals surface area contributed by atoms with Crippen LogP contribution in [0.5, 0.6) is 5.75 Å². The number of rotatable bonds is 8. The van der Waals surface area contributed by atoms with E-state index in [0.717, 1.165) is 48.7 Å². The number of aromatic nitrogens is 2. The molecule has 0 aliphatic carbocycles. The van der Waals surface area contributed by atoms with Crippen LogP contribution in [0.3, 0.4) is 0 Å². The average molecular weight is 406 g/mol. The van der Waals surface area contributed by atoms with Crippen LogP contribution in [0.2, 0.25) is 0 Å². The second-order valence-electron chi connectivity index (χ2n) is 8.37. The SMILES string of the molecule is CC(C)CCN1CCc2c(n(CCOc3ccccc3)n(-c3ccccc3)c2=O)C1. The molecule has 0 fully saturated rings. The van der Waals surface area contributed by atoms with Crippen molar-refractivity contribution in [2.24, 2.45) is 5.92 Å². The van der Waals surface area contributed by atoms with Crippen molar-refractivity contribution in [3.05, 3.63) is 82.3 Å². The molecule has 0 radical (unpaired) electrons. The van der Waals surface area contributed by atoms with Gasteiger partial charge in [-0.2, -0.15) is 0 Å². The molecule has 0 amide bonds. The molecule has 0 bridgehead atoms. The van der Waals surface area contributed by atoms with Crippen molar-refractivity contribution in [1.82, 2.24) is 14.3 Å². The molecule has 2 heterocycles. The fraction of sp³-hybridized carbons (Fsp3) is 0.400. The topological polar surface area (TPSA) is 39.4 Å². The summed E-state index contributed by atoms with van der Waals surface area (Å²) in [6.45, 7) is 8.52. The standard InChI is InChI=1S/C25H31N3O2/c1-20(2)13-15-26-16-14-23-24(19-26)27(17-18-30-22-11-7-4-8-12-22)28(25(23)29)21-9-5-3-6-10-21/h3-12,20H,13-19H2,1-2H3. The highest BCUT2D eigenvalue weighted by atomic mass is 16.5. The third kappa shape index (κ3) is 4.51. The Morgan fingerprint density at radius 2 is 1.67 bits per heavy atom. The van der Waals surface area contributed by atoms with Crippen LogP contribution in [-0.4, -0.2) is 34.0 Å². The molecular formula is C25H31N3O2. The monoisotopic (exact) mass is 405 g/mol. The fourth-order valence-electron chi connectivity index (χ4n) is 4.09. The number of hydrogen-bond acceptors (Lipinski definition) is 3. The van der Waals surface area contributed by atoms with E-state index in [4.69, 9.17) is 4.74 Å². The first-order chi connectivity index (χ1) is 14.6. The van der Waals surface area contributed by atoms with Gasteiger partial charge in [0.05, 0.1) is 17.9 Å².